The lowest BCUT2D eigenvalue weighted by Crippen LogP contribution is -2.33. The molecule has 20 heavy (non-hydrogen) atoms. The molecule has 1 aromatic carbocycles. The first kappa shape index (κ1) is 15.0. The number of amides is 1. The second kappa shape index (κ2) is 7.44. The number of aliphatic hydroxyl groups excluding tert-OH is 1. The van der Waals surface area contributed by atoms with E-state index in [-0.39, 0.29) is 23.8 Å². The summed E-state index contributed by atoms with van der Waals surface area (Å²) in [6.07, 6.45) is 4.24. The molecule has 0 spiro atoms. The van der Waals surface area contributed by atoms with Gasteiger partial charge < -0.3 is 10.4 Å². The van der Waals surface area contributed by atoms with Crippen LogP contribution in [0, 0.1) is 5.92 Å². The van der Waals surface area contributed by atoms with Gasteiger partial charge in [-0.1, -0.05) is 43.7 Å². The summed E-state index contributed by atoms with van der Waals surface area (Å²) < 4.78 is 0. The first-order valence-electron chi connectivity index (χ1n) is 7.70. The van der Waals surface area contributed by atoms with Gasteiger partial charge in [0.1, 0.15) is 0 Å². The lowest BCUT2D eigenvalue weighted by molar-refractivity contribution is -0.121. The van der Waals surface area contributed by atoms with Crippen molar-refractivity contribution in [2.75, 3.05) is 6.54 Å². The Bertz CT molecular complexity index is 418. The fourth-order valence-corrected chi connectivity index (χ4v) is 3.02. The molecule has 1 saturated carbocycles. The molecule has 3 atom stereocenters. The van der Waals surface area contributed by atoms with Gasteiger partial charge in [0, 0.05) is 18.9 Å². The number of benzene rings is 1. The van der Waals surface area contributed by atoms with E-state index in [1.807, 2.05) is 18.2 Å². The highest BCUT2D eigenvalue weighted by Crippen LogP contribution is 2.25. The van der Waals surface area contributed by atoms with E-state index >= 15 is 0 Å². The minimum Gasteiger partial charge on any atom is -0.393 e. The monoisotopic (exact) mass is 275 g/mol. The maximum absolute atomic E-state index is 12.1. The molecule has 0 bridgehead atoms. The van der Waals surface area contributed by atoms with E-state index in [0.717, 1.165) is 25.7 Å². The van der Waals surface area contributed by atoms with Crippen LogP contribution >= 0.6 is 0 Å². The fraction of sp³-hybridized carbons (Fsp3) is 0.588. The average molecular weight is 275 g/mol. The van der Waals surface area contributed by atoms with Crippen LogP contribution in [0.1, 0.15) is 50.5 Å². The van der Waals surface area contributed by atoms with E-state index < -0.39 is 0 Å². The van der Waals surface area contributed by atoms with Gasteiger partial charge in [-0.05, 0) is 30.7 Å². The molecule has 2 N–H and O–H groups in total. The van der Waals surface area contributed by atoms with Crippen LogP contribution in [0.25, 0.3) is 0 Å². The summed E-state index contributed by atoms with van der Waals surface area (Å²) in [5.74, 6) is 0.625. The molecule has 2 rings (SSSR count). The predicted molar refractivity (Wildman–Crippen MR) is 80.4 cm³/mol. The van der Waals surface area contributed by atoms with E-state index in [0.29, 0.717) is 13.0 Å². The number of rotatable bonds is 6. The van der Waals surface area contributed by atoms with Gasteiger partial charge in [-0.3, -0.25) is 4.79 Å². The van der Waals surface area contributed by atoms with Crippen LogP contribution in [0.2, 0.25) is 0 Å². The number of hydrogen-bond donors (Lipinski definition) is 2. The number of carbonyl (C=O) groups excluding carboxylic acids is 1. The molecular formula is C17H25NO2. The van der Waals surface area contributed by atoms with Gasteiger partial charge in [0.2, 0.25) is 5.91 Å². The van der Waals surface area contributed by atoms with E-state index in [1.165, 1.54) is 5.56 Å². The van der Waals surface area contributed by atoms with Crippen molar-refractivity contribution in [2.45, 2.75) is 51.0 Å². The molecule has 0 aromatic heterocycles. The molecule has 3 heteroatoms. The van der Waals surface area contributed by atoms with Gasteiger partial charge in [0.15, 0.2) is 0 Å². The number of aliphatic hydroxyl groups is 1. The SMILES string of the molecule is CC[C@H](CC(=O)NC[C@H]1CCC[C@H]1O)c1ccccc1. The zero-order chi connectivity index (χ0) is 14.4. The molecule has 1 aliphatic carbocycles. The molecule has 1 aromatic rings. The fourth-order valence-electron chi connectivity index (χ4n) is 3.02. The largest absolute Gasteiger partial charge is 0.393 e. The van der Waals surface area contributed by atoms with Crippen LogP contribution in [0.15, 0.2) is 30.3 Å². The second-order valence-corrected chi connectivity index (χ2v) is 5.78. The third-order valence-corrected chi connectivity index (χ3v) is 4.38. The highest BCUT2D eigenvalue weighted by molar-refractivity contribution is 5.76. The smallest absolute Gasteiger partial charge is 0.220 e. The summed E-state index contributed by atoms with van der Waals surface area (Å²) in [5.41, 5.74) is 1.23. The molecule has 1 fully saturated rings. The Morgan fingerprint density at radius 1 is 1.35 bits per heavy atom. The summed E-state index contributed by atoms with van der Waals surface area (Å²) in [6, 6.07) is 10.2. The predicted octanol–water partition coefficient (Wildman–Crippen LogP) is 2.85. The van der Waals surface area contributed by atoms with Crippen LogP contribution in [0.3, 0.4) is 0 Å². The zero-order valence-corrected chi connectivity index (χ0v) is 12.2. The van der Waals surface area contributed by atoms with E-state index in [2.05, 4.69) is 24.4 Å². The van der Waals surface area contributed by atoms with Crippen LogP contribution < -0.4 is 5.32 Å². The van der Waals surface area contributed by atoms with Crippen molar-refractivity contribution >= 4 is 5.91 Å². The van der Waals surface area contributed by atoms with Crippen molar-refractivity contribution < 1.29 is 9.90 Å². The molecule has 0 heterocycles. The first-order chi connectivity index (χ1) is 9.70. The lowest BCUT2D eigenvalue weighted by atomic mass is 9.93. The van der Waals surface area contributed by atoms with Crippen molar-refractivity contribution in [1.29, 1.82) is 0 Å². The van der Waals surface area contributed by atoms with E-state index in [4.69, 9.17) is 0 Å². The Labute approximate surface area is 121 Å². The topological polar surface area (TPSA) is 49.3 Å². The Morgan fingerprint density at radius 3 is 2.70 bits per heavy atom. The highest BCUT2D eigenvalue weighted by Gasteiger charge is 2.25. The Kier molecular flexibility index (Phi) is 5.60. The van der Waals surface area contributed by atoms with Crippen LogP contribution in [-0.4, -0.2) is 23.7 Å². The average Bonchev–Trinajstić information content (AvgIpc) is 2.89. The quantitative estimate of drug-likeness (QED) is 0.838. The van der Waals surface area contributed by atoms with Crippen molar-refractivity contribution in [3.63, 3.8) is 0 Å². The molecule has 3 nitrogen and oxygen atoms in total. The normalized spacial score (nSPS) is 23.5. The Hall–Kier alpha value is -1.35. The van der Waals surface area contributed by atoms with Crippen LogP contribution in [-0.2, 0) is 4.79 Å². The molecule has 1 aliphatic rings. The molecule has 0 unspecified atom stereocenters. The minimum atomic E-state index is -0.230. The molecule has 0 radical (unpaired) electrons. The summed E-state index contributed by atoms with van der Waals surface area (Å²) in [6.45, 7) is 2.73. The maximum Gasteiger partial charge on any atom is 0.220 e. The number of carbonyl (C=O) groups is 1. The Balaban J connectivity index is 1.80. The number of nitrogens with one attached hydrogen (secondary N) is 1. The summed E-state index contributed by atoms with van der Waals surface area (Å²) >= 11 is 0. The van der Waals surface area contributed by atoms with Crippen molar-refractivity contribution in [3.8, 4) is 0 Å². The van der Waals surface area contributed by atoms with Crippen molar-refractivity contribution in [2.24, 2.45) is 5.92 Å². The maximum atomic E-state index is 12.1. The summed E-state index contributed by atoms with van der Waals surface area (Å²) in [4.78, 5) is 12.1. The minimum absolute atomic E-state index is 0.0970. The molecular weight excluding hydrogens is 250 g/mol. The third kappa shape index (κ3) is 4.07. The van der Waals surface area contributed by atoms with Gasteiger partial charge in [-0.15, -0.1) is 0 Å². The standard InChI is InChI=1S/C17H25NO2/c1-2-13(14-7-4-3-5-8-14)11-17(20)18-12-15-9-6-10-16(15)19/h3-5,7-8,13,15-16,19H,2,6,9-12H2,1H3,(H,18,20)/t13-,15-,16-/m1/s1. The van der Waals surface area contributed by atoms with Gasteiger partial charge in [0.25, 0.3) is 0 Å². The lowest BCUT2D eigenvalue weighted by Gasteiger charge is -2.18. The third-order valence-electron chi connectivity index (χ3n) is 4.38. The summed E-state index contributed by atoms with van der Waals surface area (Å²) in [5, 5.41) is 12.7. The Morgan fingerprint density at radius 2 is 2.10 bits per heavy atom. The summed E-state index contributed by atoms with van der Waals surface area (Å²) in [7, 11) is 0. The van der Waals surface area contributed by atoms with Gasteiger partial charge in [-0.2, -0.15) is 0 Å². The highest BCUT2D eigenvalue weighted by atomic mass is 16.3. The molecule has 0 saturated heterocycles. The van der Waals surface area contributed by atoms with Gasteiger partial charge >= 0.3 is 0 Å². The van der Waals surface area contributed by atoms with Gasteiger partial charge in [-0.25, -0.2) is 0 Å². The van der Waals surface area contributed by atoms with E-state index in [9.17, 15) is 9.90 Å². The van der Waals surface area contributed by atoms with Crippen molar-refractivity contribution in [1.82, 2.24) is 5.32 Å². The van der Waals surface area contributed by atoms with E-state index in [1.54, 1.807) is 0 Å². The van der Waals surface area contributed by atoms with Gasteiger partial charge in [0.05, 0.1) is 6.10 Å². The zero-order valence-electron chi connectivity index (χ0n) is 12.2. The molecule has 0 aliphatic heterocycles. The molecule has 110 valence electrons. The van der Waals surface area contributed by atoms with Crippen LogP contribution in [0.4, 0.5) is 0 Å². The number of hydrogen-bond acceptors (Lipinski definition) is 2. The van der Waals surface area contributed by atoms with Crippen LogP contribution in [0.5, 0.6) is 0 Å². The first-order valence-corrected chi connectivity index (χ1v) is 7.70. The van der Waals surface area contributed by atoms with Crippen molar-refractivity contribution in [3.05, 3.63) is 35.9 Å². The second-order valence-electron chi connectivity index (χ2n) is 5.78. The molecule has 1 amide bonds.